The van der Waals surface area contributed by atoms with Gasteiger partial charge in [0, 0.05) is 64.3 Å². The van der Waals surface area contributed by atoms with Crippen LogP contribution in [-0.2, 0) is 0 Å². The van der Waals surface area contributed by atoms with Gasteiger partial charge >= 0.3 is 0 Å². The van der Waals surface area contributed by atoms with E-state index in [2.05, 4.69) is 89.0 Å². The molecule has 7 rings (SSSR count). The highest BCUT2D eigenvalue weighted by Gasteiger charge is 2.19. The molecule has 0 bridgehead atoms. The molecule has 0 N–H and O–H groups in total. The zero-order chi connectivity index (χ0) is 28.5. The zero-order valence-corrected chi connectivity index (χ0v) is 23.1. The van der Waals surface area contributed by atoms with E-state index in [-0.39, 0.29) is 0 Å². The highest BCUT2D eigenvalue weighted by molar-refractivity contribution is 5.99. The Balaban J connectivity index is 1.40. The lowest BCUT2D eigenvalue weighted by molar-refractivity contribution is 1.11. The molecule has 0 spiro atoms. The lowest BCUT2D eigenvalue weighted by atomic mass is 9.96. The first-order valence-corrected chi connectivity index (χ1v) is 13.8. The zero-order valence-electron chi connectivity index (χ0n) is 23.1. The molecule has 5 heteroatoms. The van der Waals surface area contributed by atoms with Gasteiger partial charge in [-0.3, -0.25) is 9.97 Å². The minimum absolute atomic E-state index is 0.878. The summed E-state index contributed by atoms with van der Waals surface area (Å²) in [6, 6.07) is 29.3. The van der Waals surface area contributed by atoms with E-state index in [9.17, 15) is 0 Å². The van der Waals surface area contributed by atoms with Crippen molar-refractivity contribution < 1.29 is 0 Å². The lowest BCUT2D eigenvalue weighted by Gasteiger charge is -2.25. The van der Waals surface area contributed by atoms with E-state index in [4.69, 9.17) is 9.97 Å². The van der Waals surface area contributed by atoms with E-state index < -0.39 is 0 Å². The SMILES string of the molecule is C=C1C=CC=CN1c1nc(-c2cccc(-c3cc(-c4ccncc4)nc(-c4ccncc4)c3)c2)c2ccccc2c1C. The highest BCUT2D eigenvalue weighted by Crippen LogP contribution is 2.38. The van der Waals surface area contributed by atoms with Crippen LogP contribution in [0.3, 0.4) is 0 Å². The van der Waals surface area contributed by atoms with Gasteiger partial charge in [0.05, 0.1) is 17.1 Å². The summed E-state index contributed by atoms with van der Waals surface area (Å²) < 4.78 is 0. The summed E-state index contributed by atoms with van der Waals surface area (Å²) in [6.45, 7) is 6.38. The number of pyridine rings is 4. The number of aryl methyl sites for hydroxylation is 1. The van der Waals surface area contributed by atoms with Crippen molar-refractivity contribution in [1.82, 2.24) is 19.9 Å². The molecule has 42 heavy (non-hydrogen) atoms. The molecule has 0 unspecified atom stereocenters. The summed E-state index contributed by atoms with van der Waals surface area (Å²) in [5.41, 5.74) is 9.92. The molecule has 4 aromatic heterocycles. The van der Waals surface area contributed by atoms with Crippen LogP contribution in [-0.4, -0.2) is 19.9 Å². The molecule has 0 saturated carbocycles. The summed E-state index contributed by atoms with van der Waals surface area (Å²) in [6.07, 6.45) is 15.2. The van der Waals surface area contributed by atoms with Crippen molar-refractivity contribution in [3.05, 3.63) is 152 Å². The molecule has 5 heterocycles. The number of benzene rings is 2. The van der Waals surface area contributed by atoms with E-state index in [1.165, 1.54) is 5.39 Å². The maximum atomic E-state index is 5.26. The third kappa shape index (κ3) is 4.67. The molecule has 0 radical (unpaired) electrons. The minimum atomic E-state index is 0.878. The fourth-order valence-corrected chi connectivity index (χ4v) is 5.41. The van der Waals surface area contributed by atoms with Gasteiger partial charge in [-0.05, 0) is 78.1 Å². The van der Waals surface area contributed by atoms with E-state index in [0.717, 1.165) is 67.4 Å². The van der Waals surface area contributed by atoms with Crippen molar-refractivity contribution in [3.8, 4) is 44.9 Å². The van der Waals surface area contributed by atoms with Crippen LogP contribution in [0.1, 0.15) is 5.56 Å². The molecular formula is C37H27N5. The van der Waals surface area contributed by atoms with Crippen molar-refractivity contribution in [2.45, 2.75) is 6.92 Å². The maximum absolute atomic E-state index is 5.26. The number of fused-ring (bicyclic) bond motifs is 1. The average Bonchev–Trinajstić information content (AvgIpc) is 3.06. The Morgan fingerprint density at radius 1 is 0.595 bits per heavy atom. The molecule has 0 saturated heterocycles. The summed E-state index contributed by atoms with van der Waals surface area (Å²) in [7, 11) is 0. The predicted octanol–water partition coefficient (Wildman–Crippen LogP) is 8.80. The van der Waals surface area contributed by atoms with Gasteiger partial charge in [-0.25, -0.2) is 9.97 Å². The fraction of sp³-hybridized carbons (Fsp3) is 0.0270. The molecule has 5 nitrogen and oxygen atoms in total. The summed E-state index contributed by atoms with van der Waals surface area (Å²) >= 11 is 0. The third-order valence-electron chi connectivity index (χ3n) is 7.56. The third-order valence-corrected chi connectivity index (χ3v) is 7.56. The van der Waals surface area contributed by atoms with Gasteiger partial charge < -0.3 is 4.90 Å². The van der Waals surface area contributed by atoms with E-state index in [0.29, 0.717) is 0 Å². The van der Waals surface area contributed by atoms with Crippen molar-refractivity contribution in [2.24, 2.45) is 0 Å². The van der Waals surface area contributed by atoms with Crippen LogP contribution in [0.15, 0.2) is 146 Å². The quantitative estimate of drug-likeness (QED) is 0.218. The van der Waals surface area contributed by atoms with Gasteiger partial charge in [-0.2, -0.15) is 0 Å². The molecule has 1 aliphatic heterocycles. The first-order chi connectivity index (χ1) is 20.7. The Hall–Kier alpha value is -5.68. The predicted molar refractivity (Wildman–Crippen MR) is 172 cm³/mol. The number of hydrogen-bond donors (Lipinski definition) is 0. The van der Waals surface area contributed by atoms with Crippen LogP contribution >= 0.6 is 0 Å². The lowest BCUT2D eigenvalue weighted by Crippen LogP contribution is -2.18. The number of rotatable bonds is 5. The second kappa shape index (κ2) is 10.7. The minimum Gasteiger partial charge on any atom is -0.302 e. The van der Waals surface area contributed by atoms with Gasteiger partial charge in [0.15, 0.2) is 0 Å². The van der Waals surface area contributed by atoms with Gasteiger partial charge in [0.25, 0.3) is 0 Å². The summed E-state index contributed by atoms with van der Waals surface area (Å²) in [5.74, 6) is 0.878. The molecule has 2 aromatic carbocycles. The Morgan fingerprint density at radius 2 is 1.24 bits per heavy atom. The van der Waals surface area contributed by atoms with Crippen LogP contribution in [0.4, 0.5) is 5.82 Å². The smallest absolute Gasteiger partial charge is 0.141 e. The Kier molecular flexibility index (Phi) is 6.45. The van der Waals surface area contributed by atoms with Crippen LogP contribution in [0.5, 0.6) is 0 Å². The van der Waals surface area contributed by atoms with Crippen LogP contribution in [0.2, 0.25) is 0 Å². The summed E-state index contributed by atoms with van der Waals surface area (Å²) in [5, 5.41) is 2.28. The Labute approximate surface area is 244 Å². The maximum Gasteiger partial charge on any atom is 0.141 e. The normalized spacial score (nSPS) is 12.7. The number of hydrogen-bond acceptors (Lipinski definition) is 5. The van der Waals surface area contributed by atoms with Crippen LogP contribution < -0.4 is 4.90 Å². The Morgan fingerprint density at radius 3 is 1.90 bits per heavy atom. The van der Waals surface area contributed by atoms with Crippen molar-refractivity contribution in [1.29, 1.82) is 0 Å². The van der Waals surface area contributed by atoms with Gasteiger partial charge in [0.2, 0.25) is 0 Å². The molecule has 0 aliphatic carbocycles. The van der Waals surface area contributed by atoms with Crippen LogP contribution in [0.25, 0.3) is 55.7 Å². The fourth-order valence-electron chi connectivity index (χ4n) is 5.41. The monoisotopic (exact) mass is 541 g/mol. The number of anilines is 1. The van der Waals surface area contributed by atoms with Crippen molar-refractivity contribution in [3.63, 3.8) is 0 Å². The summed E-state index contributed by atoms with van der Waals surface area (Å²) in [4.78, 5) is 20.7. The van der Waals surface area contributed by atoms with Crippen LogP contribution in [0, 0.1) is 6.92 Å². The molecule has 0 atom stereocenters. The largest absolute Gasteiger partial charge is 0.302 e. The standard InChI is InChI=1S/C37H27N5/c1-25-8-5-6-21-42(25)37-26(2)32-11-3-4-12-33(32)36(41-37)30-10-7-9-29(22-30)31-23-34(27-13-17-38-18-14-27)40-35(24-31)28-15-19-39-20-16-28/h3-24H,1H2,2H3. The first kappa shape index (κ1) is 25.3. The van der Waals surface area contributed by atoms with Gasteiger partial charge in [0.1, 0.15) is 5.82 Å². The van der Waals surface area contributed by atoms with E-state index in [1.807, 2.05) is 48.7 Å². The van der Waals surface area contributed by atoms with Crippen molar-refractivity contribution >= 4 is 16.6 Å². The van der Waals surface area contributed by atoms with E-state index >= 15 is 0 Å². The highest BCUT2D eigenvalue weighted by atomic mass is 15.2. The average molecular weight is 542 g/mol. The number of aromatic nitrogens is 4. The molecule has 1 aliphatic rings. The van der Waals surface area contributed by atoms with Gasteiger partial charge in [-0.1, -0.05) is 55.1 Å². The molecule has 0 fully saturated rings. The molecular weight excluding hydrogens is 514 g/mol. The topological polar surface area (TPSA) is 54.8 Å². The second-order valence-electron chi connectivity index (χ2n) is 10.2. The number of nitrogens with zero attached hydrogens (tertiary/aromatic N) is 5. The second-order valence-corrected chi connectivity index (χ2v) is 10.2. The van der Waals surface area contributed by atoms with E-state index in [1.54, 1.807) is 24.8 Å². The van der Waals surface area contributed by atoms with Crippen molar-refractivity contribution in [2.75, 3.05) is 4.90 Å². The number of allylic oxidation sites excluding steroid dienone is 3. The molecule has 6 aromatic rings. The first-order valence-electron chi connectivity index (χ1n) is 13.8. The molecule has 200 valence electrons. The van der Waals surface area contributed by atoms with Gasteiger partial charge in [-0.15, -0.1) is 0 Å². The molecule has 0 amide bonds. The Bertz CT molecular complexity index is 1950.